The number of nitrogens with zero attached hydrogens (tertiary/aromatic N) is 2. The molecule has 0 radical (unpaired) electrons. The topological polar surface area (TPSA) is 66.0 Å². The zero-order valence-electron chi connectivity index (χ0n) is 13.5. The van der Waals surface area contributed by atoms with Crippen LogP contribution in [0.4, 0.5) is 0 Å². The van der Waals surface area contributed by atoms with E-state index >= 15 is 0 Å². The Morgan fingerprint density at radius 2 is 1.95 bits per heavy atom. The average Bonchev–Trinajstić information content (AvgIpc) is 3.02. The molecule has 1 amide bonds. The molecule has 1 aliphatic rings. The number of nitrogens with one attached hydrogen (secondary N) is 2. The molecule has 1 fully saturated rings. The number of ether oxygens (including phenoxy) is 1. The number of aliphatic imine (C=N–C) groups is 1. The Morgan fingerprint density at radius 1 is 1.19 bits per heavy atom. The monoisotopic (exact) mass is 298 g/mol. The van der Waals surface area contributed by atoms with Crippen molar-refractivity contribution in [2.45, 2.75) is 39.0 Å². The molecule has 0 spiro atoms. The summed E-state index contributed by atoms with van der Waals surface area (Å²) in [6.45, 7) is 6.52. The van der Waals surface area contributed by atoms with E-state index in [2.05, 4.69) is 15.6 Å². The van der Waals surface area contributed by atoms with Gasteiger partial charge in [-0.2, -0.15) is 0 Å². The van der Waals surface area contributed by atoms with Gasteiger partial charge in [-0.3, -0.25) is 4.79 Å². The number of carbonyl (C=O) groups excluding carboxylic acids is 1. The number of likely N-dealkylation sites (tertiary alicyclic amines) is 1. The van der Waals surface area contributed by atoms with E-state index in [-0.39, 0.29) is 12.5 Å². The molecule has 0 aromatic heterocycles. The van der Waals surface area contributed by atoms with Crippen LogP contribution in [0, 0.1) is 0 Å². The summed E-state index contributed by atoms with van der Waals surface area (Å²) in [7, 11) is 1.73. The molecule has 0 unspecified atom stereocenters. The predicted octanol–water partition coefficient (Wildman–Crippen LogP) is 0.981. The molecule has 0 aromatic rings. The van der Waals surface area contributed by atoms with Crippen LogP contribution in [0.2, 0.25) is 0 Å². The lowest BCUT2D eigenvalue weighted by molar-refractivity contribution is -0.128. The zero-order valence-corrected chi connectivity index (χ0v) is 13.5. The van der Waals surface area contributed by atoms with Crippen LogP contribution >= 0.6 is 0 Å². The van der Waals surface area contributed by atoms with E-state index in [1.807, 2.05) is 11.8 Å². The molecular formula is C15H30N4O2. The highest BCUT2D eigenvalue weighted by Gasteiger charge is 2.17. The molecule has 1 saturated heterocycles. The van der Waals surface area contributed by atoms with Crippen LogP contribution in [-0.4, -0.2) is 63.2 Å². The Bertz CT molecular complexity index is 315. The van der Waals surface area contributed by atoms with Crippen molar-refractivity contribution < 1.29 is 9.53 Å². The van der Waals surface area contributed by atoms with Crippen molar-refractivity contribution in [2.75, 3.05) is 46.4 Å². The van der Waals surface area contributed by atoms with Crippen LogP contribution in [0.5, 0.6) is 0 Å². The molecule has 1 aliphatic heterocycles. The van der Waals surface area contributed by atoms with Crippen molar-refractivity contribution in [1.82, 2.24) is 15.5 Å². The quantitative estimate of drug-likeness (QED) is 0.378. The number of amides is 1. The first kappa shape index (κ1) is 17.8. The summed E-state index contributed by atoms with van der Waals surface area (Å²) in [5.41, 5.74) is 0. The van der Waals surface area contributed by atoms with Gasteiger partial charge < -0.3 is 20.3 Å². The van der Waals surface area contributed by atoms with Crippen molar-refractivity contribution >= 4 is 11.9 Å². The van der Waals surface area contributed by atoms with Gasteiger partial charge in [0.15, 0.2) is 5.96 Å². The summed E-state index contributed by atoms with van der Waals surface area (Å²) in [5, 5.41) is 6.44. The zero-order chi connectivity index (χ0) is 15.3. The fourth-order valence-corrected chi connectivity index (χ4v) is 2.31. The second-order valence-corrected chi connectivity index (χ2v) is 5.26. The van der Waals surface area contributed by atoms with Gasteiger partial charge in [0, 0.05) is 39.9 Å². The van der Waals surface area contributed by atoms with Crippen LogP contribution in [0.1, 0.15) is 39.0 Å². The number of methoxy groups -OCH3 is 1. The summed E-state index contributed by atoms with van der Waals surface area (Å²) in [5.74, 6) is 0.863. The van der Waals surface area contributed by atoms with Gasteiger partial charge in [0.2, 0.25) is 5.91 Å². The minimum Gasteiger partial charge on any atom is -0.385 e. The van der Waals surface area contributed by atoms with Crippen LogP contribution < -0.4 is 10.6 Å². The van der Waals surface area contributed by atoms with Gasteiger partial charge in [0.05, 0.1) is 0 Å². The Kier molecular flexibility index (Phi) is 9.61. The molecule has 0 bridgehead atoms. The van der Waals surface area contributed by atoms with Crippen molar-refractivity contribution in [2.24, 2.45) is 4.99 Å². The van der Waals surface area contributed by atoms with Gasteiger partial charge in [-0.1, -0.05) is 0 Å². The Labute approximate surface area is 128 Å². The van der Waals surface area contributed by atoms with Crippen LogP contribution in [-0.2, 0) is 9.53 Å². The largest absolute Gasteiger partial charge is 0.385 e. The van der Waals surface area contributed by atoms with Gasteiger partial charge in [0.1, 0.15) is 6.54 Å². The van der Waals surface area contributed by atoms with Crippen molar-refractivity contribution in [3.8, 4) is 0 Å². The number of unbranched alkanes of at least 4 members (excludes halogenated alkanes) is 2. The average molecular weight is 298 g/mol. The lowest BCUT2D eigenvalue weighted by Crippen LogP contribution is -2.39. The Morgan fingerprint density at radius 3 is 2.62 bits per heavy atom. The summed E-state index contributed by atoms with van der Waals surface area (Å²) in [6, 6.07) is 0. The van der Waals surface area contributed by atoms with Gasteiger partial charge >= 0.3 is 0 Å². The third-order valence-corrected chi connectivity index (χ3v) is 3.49. The van der Waals surface area contributed by atoms with Crippen LogP contribution in [0.15, 0.2) is 4.99 Å². The maximum atomic E-state index is 12.0. The molecule has 2 N–H and O–H groups in total. The molecule has 21 heavy (non-hydrogen) atoms. The first-order valence-electron chi connectivity index (χ1n) is 8.06. The first-order valence-corrected chi connectivity index (χ1v) is 8.06. The van der Waals surface area contributed by atoms with E-state index in [0.29, 0.717) is 0 Å². The summed E-state index contributed by atoms with van der Waals surface area (Å²) in [6.07, 6.45) is 5.53. The number of guanidine groups is 1. The van der Waals surface area contributed by atoms with Crippen LogP contribution in [0.25, 0.3) is 0 Å². The van der Waals surface area contributed by atoms with E-state index in [0.717, 1.165) is 70.8 Å². The molecule has 0 aromatic carbocycles. The van der Waals surface area contributed by atoms with E-state index < -0.39 is 0 Å². The van der Waals surface area contributed by atoms with Gasteiger partial charge in [0.25, 0.3) is 0 Å². The van der Waals surface area contributed by atoms with Crippen molar-refractivity contribution in [3.63, 3.8) is 0 Å². The van der Waals surface area contributed by atoms with Gasteiger partial charge in [-0.05, 0) is 39.0 Å². The summed E-state index contributed by atoms with van der Waals surface area (Å²) < 4.78 is 5.02. The number of hydrogen-bond acceptors (Lipinski definition) is 3. The Balaban J connectivity index is 2.23. The highest BCUT2D eigenvalue weighted by Crippen LogP contribution is 2.07. The van der Waals surface area contributed by atoms with E-state index in [1.165, 1.54) is 0 Å². The number of rotatable bonds is 9. The molecule has 1 rings (SSSR count). The maximum Gasteiger partial charge on any atom is 0.244 e. The van der Waals surface area contributed by atoms with Gasteiger partial charge in [-0.15, -0.1) is 0 Å². The predicted molar refractivity (Wildman–Crippen MR) is 85.5 cm³/mol. The lowest BCUT2D eigenvalue weighted by Gasteiger charge is -2.15. The third-order valence-electron chi connectivity index (χ3n) is 3.49. The molecule has 6 nitrogen and oxygen atoms in total. The fraction of sp³-hybridized carbons (Fsp3) is 0.867. The molecule has 1 heterocycles. The normalized spacial score (nSPS) is 15.3. The second kappa shape index (κ2) is 11.4. The molecule has 0 saturated carbocycles. The standard InChI is InChI=1S/C15H30N4O2/c1-3-16-15(17-9-5-4-8-12-21-2)18-13-14(20)19-10-6-7-11-19/h3-13H2,1-2H3,(H2,16,17,18). The second-order valence-electron chi connectivity index (χ2n) is 5.26. The minimum absolute atomic E-state index is 0.129. The molecule has 0 aliphatic carbocycles. The number of hydrogen-bond donors (Lipinski definition) is 2. The van der Waals surface area contributed by atoms with Gasteiger partial charge in [-0.25, -0.2) is 4.99 Å². The highest BCUT2D eigenvalue weighted by atomic mass is 16.5. The smallest absolute Gasteiger partial charge is 0.244 e. The van der Waals surface area contributed by atoms with Crippen molar-refractivity contribution in [1.29, 1.82) is 0 Å². The summed E-state index contributed by atoms with van der Waals surface area (Å²) >= 11 is 0. The minimum atomic E-state index is 0.129. The number of carbonyl (C=O) groups is 1. The molecule has 0 atom stereocenters. The van der Waals surface area contributed by atoms with Crippen molar-refractivity contribution in [3.05, 3.63) is 0 Å². The molecule has 122 valence electrons. The SMILES string of the molecule is CCNC(=NCC(=O)N1CCCC1)NCCCCCOC. The van der Waals surface area contributed by atoms with E-state index in [4.69, 9.17) is 4.74 Å². The van der Waals surface area contributed by atoms with E-state index in [1.54, 1.807) is 7.11 Å². The lowest BCUT2D eigenvalue weighted by atomic mass is 10.2. The van der Waals surface area contributed by atoms with Crippen LogP contribution in [0.3, 0.4) is 0 Å². The maximum absolute atomic E-state index is 12.0. The van der Waals surface area contributed by atoms with E-state index in [9.17, 15) is 4.79 Å². The molecular weight excluding hydrogens is 268 g/mol. The molecule has 6 heteroatoms. The highest BCUT2D eigenvalue weighted by molar-refractivity contribution is 5.85. The summed E-state index contributed by atoms with van der Waals surface area (Å²) in [4.78, 5) is 18.2. The Hall–Kier alpha value is -1.30. The third kappa shape index (κ3) is 7.90. The fourth-order valence-electron chi connectivity index (χ4n) is 2.31. The first-order chi connectivity index (χ1) is 10.3.